The van der Waals surface area contributed by atoms with Gasteiger partial charge in [-0.1, -0.05) is 6.07 Å². The maximum Gasteiger partial charge on any atom is 0.244 e. The molecule has 0 atom stereocenters. The quantitative estimate of drug-likeness (QED) is 0.806. The lowest BCUT2D eigenvalue weighted by Gasteiger charge is -2.22. The van der Waals surface area contributed by atoms with Gasteiger partial charge in [0.1, 0.15) is 22.2 Å². The third-order valence-electron chi connectivity index (χ3n) is 3.54. The number of carbonyl (C=O) groups excluding carboxylic acids is 1. The Morgan fingerprint density at radius 1 is 1.28 bits per heavy atom. The van der Waals surface area contributed by atoms with Crippen molar-refractivity contribution in [2.24, 2.45) is 0 Å². The minimum atomic E-state index is -3.87. The first-order chi connectivity index (χ1) is 11.6. The molecule has 2 rings (SSSR count). The predicted molar refractivity (Wildman–Crippen MR) is 87.6 cm³/mol. The predicted octanol–water partition coefficient (Wildman–Crippen LogP) is 1.64. The number of carbonyl (C=O) groups is 1. The number of nitrogens with one attached hydrogen (secondary N) is 2. The molecule has 25 heavy (non-hydrogen) atoms. The molecule has 0 aliphatic rings. The van der Waals surface area contributed by atoms with E-state index in [1.807, 2.05) is 0 Å². The average Bonchev–Trinajstić information content (AvgIpc) is 2.84. The highest BCUT2D eigenvalue weighted by Crippen LogP contribution is 2.23. The van der Waals surface area contributed by atoms with E-state index in [2.05, 4.69) is 14.9 Å². The third-order valence-corrected chi connectivity index (χ3v) is 5.27. The fourth-order valence-electron chi connectivity index (χ4n) is 2.47. The molecule has 1 aromatic heterocycles. The second-order valence-corrected chi connectivity index (χ2v) is 7.11. The van der Waals surface area contributed by atoms with E-state index in [9.17, 15) is 22.0 Å². The van der Waals surface area contributed by atoms with Crippen LogP contribution in [0.5, 0.6) is 0 Å². The molecule has 0 aliphatic carbocycles. The Balaban J connectivity index is 2.17. The summed E-state index contributed by atoms with van der Waals surface area (Å²) in [5, 5.41) is 6.39. The second kappa shape index (κ2) is 7.28. The van der Waals surface area contributed by atoms with Crippen LogP contribution in [0.3, 0.4) is 0 Å². The molecule has 0 bridgehead atoms. The Bertz CT molecular complexity index is 856. The largest absolute Gasteiger partial charge is 0.306 e. The van der Waals surface area contributed by atoms with Gasteiger partial charge < -0.3 is 4.90 Å². The number of aryl methyl sites for hydroxylation is 2. The smallest absolute Gasteiger partial charge is 0.244 e. The van der Waals surface area contributed by atoms with Crippen LogP contribution in [0.2, 0.25) is 0 Å². The molecule has 0 unspecified atom stereocenters. The number of rotatable bonds is 6. The number of anilines is 1. The van der Waals surface area contributed by atoms with Gasteiger partial charge in [0.25, 0.3) is 0 Å². The van der Waals surface area contributed by atoms with Gasteiger partial charge >= 0.3 is 0 Å². The van der Waals surface area contributed by atoms with E-state index in [1.54, 1.807) is 6.92 Å². The molecule has 0 radical (unpaired) electrons. The Hall–Kier alpha value is -2.33. The standard InChI is InChI=1S/C15H18F2N4O3S/c1-9-15(10(2)20-19-9)25(23,24)18-7-8-21(11(3)22)14-12(16)5-4-6-13(14)17/h4-6,18H,7-8H2,1-3H3,(H,19,20). The van der Waals surface area contributed by atoms with E-state index < -0.39 is 33.3 Å². The number of sulfonamides is 1. The highest BCUT2D eigenvalue weighted by Gasteiger charge is 2.24. The summed E-state index contributed by atoms with van der Waals surface area (Å²) in [7, 11) is -3.87. The molecular weight excluding hydrogens is 354 g/mol. The molecular formula is C15H18F2N4O3S. The molecule has 0 fully saturated rings. The molecule has 0 aliphatic heterocycles. The highest BCUT2D eigenvalue weighted by atomic mass is 32.2. The fraction of sp³-hybridized carbons (Fsp3) is 0.333. The van der Waals surface area contributed by atoms with Crippen molar-refractivity contribution in [2.75, 3.05) is 18.0 Å². The van der Waals surface area contributed by atoms with Crippen molar-refractivity contribution in [3.63, 3.8) is 0 Å². The fourth-order valence-corrected chi connectivity index (χ4v) is 3.86. The van der Waals surface area contributed by atoms with Gasteiger partial charge in [0.15, 0.2) is 0 Å². The molecule has 0 spiro atoms. The molecule has 1 aromatic carbocycles. The van der Waals surface area contributed by atoms with Crippen LogP contribution < -0.4 is 9.62 Å². The van der Waals surface area contributed by atoms with Gasteiger partial charge in [-0.15, -0.1) is 0 Å². The molecule has 2 aromatic rings. The van der Waals surface area contributed by atoms with Gasteiger partial charge in [-0.3, -0.25) is 9.89 Å². The van der Waals surface area contributed by atoms with E-state index in [1.165, 1.54) is 13.0 Å². The van der Waals surface area contributed by atoms with Gasteiger partial charge in [-0.25, -0.2) is 21.9 Å². The number of halogens is 2. The van der Waals surface area contributed by atoms with Crippen LogP contribution in [0.25, 0.3) is 0 Å². The van der Waals surface area contributed by atoms with Crippen molar-refractivity contribution < 1.29 is 22.0 Å². The van der Waals surface area contributed by atoms with Crippen LogP contribution in [0.1, 0.15) is 18.3 Å². The Kier molecular flexibility index (Phi) is 5.53. The van der Waals surface area contributed by atoms with Crippen LogP contribution in [-0.2, 0) is 14.8 Å². The van der Waals surface area contributed by atoms with Crippen molar-refractivity contribution >= 4 is 21.6 Å². The summed E-state index contributed by atoms with van der Waals surface area (Å²) < 4.78 is 54.7. The molecule has 1 heterocycles. The number of benzene rings is 1. The van der Waals surface area contributed by atoms with Gasteiger partial charge in [-0.05, 0) is 26.0 Å². The average molecular weight is 372 g/mol. The monoisotopic (exact) mass is 372 g/mol. The number of hydrogen-bond acceptors (Lipinski definition) is 4. The summed E-state index contributed by atoms with van der Waals surface area (Å²) in [5.41, 5.74) is 0.159. The zero-order chi connectivity index (χ0) is 18.8. The van der Waals surface area contributed by atoms with Crippen molar-refractivity contribution in [3.8, 4) is 0 Å². The van der Waals surface area contributed by atoms with Gasteiger partial charge in [0.05, 0.1) is 11.4 Å². The first kappa shape index (κ1) is 19.0. The van der Waals surface area contributed by atoms with Crippen molar-refractivity contribution in [1.29, 1.82) is 0 Å². The SMILES string of the molecule is CC(=O)N(CCNS(=O)(=O)c1c(C)n[nH]c1C)c1c(F)cccc1F. The molecule has 2 N–H and O–H groups in total. The van der Waals surface area contributed by atoms with Crippen molar-refractivity contribution in [2.45, 2.75) is 25.7 Å². The van der Waals surface area contributed by atoms with E-state index in [-0.39, 0.29) is 18.0 Å². The summed E-state index contributed by atoms with van der Waals surface area (Å²) in [5.74, 6) is -2.42. The minimum absolute atomic E-state index is 0.0129. The van der Waals surface area contributed by atoms with Crippen molar-refractivity contribution in [3.05, 3.63) is 41.2 Å². The van der Waals surface area contributed by atoms with Crippen LogP contribution in [0.15, 0.2) is 23.1 Å². The summed E-state index contributed by atoms with van der Waals surface area (Å²) in [6, 6.07) is 3.23. The van der Waals surface area contributed by atoms with Gasteiger partial charge in [0, 0.05) is 20.0 Å². The Morgan fingerprint density at radius 3 is 2.36 bits per heavy atom. The summed E-state index contributed by atoms with van der Waals surface area (Å²) in [4.78, 5) is 12.6. The number of hydrogen-bond donors (Lipinski definition) is 2. The van der Waals surface area contributed by atoms with Crippen LogP contribution in [0.4, 0.5) is 14.5 Å². The summed E-state index contributed by atoms with van der Waals surface area (Å²) in [6.07, 6.45) is 0. The molecule has 0 saturated carbocycles. The first-order valence-corrected chi connectivity index (χ1v) is 8.87. The van der Waals surface area contributed by atoms with E-state index in [0.717, 1.165) is 24.0 Å². The van der Waals surface area contributed by atoms with Crippen LogP contribution in [0, 0.1) is 25.5 Å². The lowest BCUT2D eigenvalue weighted by Crippen LogP contribution is -2.38. The summed E-state index contributed by atoms with van der Waals surface area (Å²) in [6.45, 7) is 3.78. The molecule has 7 nitrogen and oxygen atoms in total. The number of H-pyrrole nitrogens is 1. The Morgan fingerprint density at radius 2 is 1.88 bits per heavy atom. The van der Waals surface area contributed by atoms with Crippen molar-refractivity contribution in [1.82, 2.24) is 14.9 Å². The Labute approximate surface area is 144 Å². The zero-order valence-electron chi connectivity index (χ0n) is 13.9. The second-order valence-electron chi connectivity index (χ2n) is 5.40. The number of nitrogens with zero attached hydrogens (tertiary/aromatic N) is 2. The normalized spacial score (nSPS) is 11.6. The molecule has 0 saturated heterocycles. The molecule has 1 amide bonds. The topological polar surface area (TPSA) is 95.2 Å². The van der Waals surface area contributed by atoms with E-state index in [4.69, 9.17) is 0 Å². The number of para-hydroxylation sites is 1. The maximum absolute atomic E-state index is 13.9. The lowest BCUT2D eigenvalue weighted by atomic mass is 10.2. The van der Waals surface area contributed by atoms with Gasteiger partial charge in [-0.2, -0.15) is 5.10 Å². The van der Waals surface area contributed by atoms with Crippen LogP contribution >= 0.6 is 0 Å². The molecule has 136 valence electrons. The highest BCUT2D eigenvalue weighted by molar-refractivity contribution is 7.89. The van der Waals surface area contributed by atoms with Gasteiger partial charge in [0.2, 0.25) is 15.9 Å². The van der Waals surface area contributed by atoms with E-state index in [0.29, 0.717) is 11.4 Å². The lowest BCUT2D eigenvalue weighted by molar-refractivity contribution is -0.116. The minimum Gasteiger partial charge on any atom is -0.306 e. The third kappa shape index (κ3) is 4.02. The first-order valence-electron chi connectivity index (χ1n) is 7.38. The zero-order valence-corrected chi connectivity index (χ0v) is 14.7. The van der Waals surface area contributed by atoms with Crippen LogP contribution in [-0.4, -0.2) is 37.6 Å². The number of aromatic amines is 1. The number of amides is 1. The summed E-state index contributed by atoms with van der Waals surface area (Å²) >= 11 is 0. The number of aromatic nitrogens is 2. The maximum atomic E-state index is 13.9. The molecule has 10 heteroatoms. The van der Waals surface area contributed by atoms with E-state index >= 15 is 0 Å².